The Hall–Kier alpha value is -2.79. The van der Waals surface area contributed by atoms with Crippen LogP contribution in [-0.4, -0.2) is 44.2 Å². The number of nitrogens with one attached hydrogen (secondary N) is 1. The van der Waals surface area contributed by atoms with Gasteiger partial charge in [0.25, 0.3) is 5.91 Å². The second kappa shape index (κ2) is 8.92. The van der Waals surface area contributed by atoms with Crippen LogP contribution in [-0.2, 0) is 22.4 Å². The first-order valence-electron chi connectivity index (χ1n) is 9.35. The van der Waals surface area contributed by atoms with E-state index in [-0.39, 0.29) is 17.4 Å². The molecule has 0 bridgehead atoms. The average molecular weight is 448 g/mol. The molecule has 1 aromatic carbocycles. The van der Waals surface area contributed by atoms with Gasteiger partial charge in [0.05, 0.1) is 12.4 Å². The van der Waals surface area contributed by atoms with Crippen LogP contribution >= 0.6 is 23.1 Å². The van der Waals surface area contributed by atoms with E-state index in [1.165, 1.54) is 22.5 Å². The largest absolute Gasteiger partial charge is 0.465 e. The van der Waals surface area contributed by atoms with Crippen molar-refractivity contribution in [3.8, 4) is 5.69 Å². The molecule has 1 amide bonds. The zero-order chi connectivity index (χ0) is 21.1. The summed E-state index contributed by atoms with van der Waals surface area (Å²) in [6.07, 6.45) is 2.33. The molecule has 11 heteroatoms. The lowest BCUT2D eigenvalue weighted by Crippen LogP contribution is -2.15. The van der Waals surface area contributed by atoms with Crippen LogP contribution in [0, 0.1) is 5.82 Å². The van der Waals surface area contributed by atoms with Crippen molar-refractivity contribution in [2.24, 2.45) is 0 Å². The Morgan fingerprint density at radius 1 is 1.30 bits per heavy atom. The molecule has 8 nitrogen and oxygen atoms in total. The summed E-state index contributed by atoms with van der Waals surface area (Å²) in [7, 11) is 0. The fraction of sp³-hybridized carbons (Fsp3) is 0.316. The normalized spacial score (nSPS) is 12.6. The molecule has 0 saturated heterocycles. The molecule has 1 N–H and O–H groups in total. The van der Waals surface area contributed by atoms with Gasteiger partial charge in [-0.25, -0.2) is 9.07 Å². The number of benzene rings is 1. The second-order valence-corrected chi connectivity index (χ2v) is 8.61. The molecular formula is C19H18FN5O3S2. The third-order valence-corrected chi connectivity index (χ3v) is 6.42. The number of esters is 1. The Kier molecular flexibility index (Phi) is 6.09. The standard InChI is InChI=1S/C19H18FN5O3S2/c1-2-28-15(26)10-29-19-23-22-18(30-19)21-17(27)16-11-6-5-9-13(11)25(24-16)14-8-4-3-7-12(14)20/h3-4,7-8H,2,5-6,9-10H2,1H3,(H,21,22,27). The third-order valence-electron chi connectivity index (χ3n) is 4.47. The summed E-state index contributed by atoms with van der Waals surface area (Å²) >= 11 is 2.35. The van der Waals surface area contributed by atoms with E-state index in [2.05, 4.69) is 20.6 Å². The van der Waals surface area contributed by atoms with Crippen molar-refractivity contribution in [2.45, 2.75) is 30.5 Å². The number of anilines is 1. The van der Waals surface area contributed by atoms with Gasteiger partial charge < -0.3 is 4.74 Å². The first-order chi connectivity index (χ1) is 14.6. The van der Waals surface area contributed by atoms with E-state index in [9.17, 15) is 14.0 Å². The predicted molar refractivity (Wildman–Crippen MR) is 111 cm³/mol. The molecule has 1 aliphatic carbocycles. The minimum atomic E-state index is -0.415. The van der Waals surface area contributed by atoms with E-state index in [1.54, 1.807) is 25.1 Å². The molecule has 0 aliphatic heterocycles. The molecule has 4 rings (SSSR count). The number of aromatic nitrogens is 4. The van der Waals surface area contributed by atoms with Crippen LogP contribution in [0.4, 0.5) is 9.52 Å². The third kappa shape index (κ3) is 4.21. The van der Waals surface area contributed by atoms with Crippen molar-refractivity contribution >= 4 is 40.1 Å². The number of carbonyl (C=O) groups is 2. The summed E-state index contributed by atoms with van der Waals surface area (Å²) in [6.45, 7) is 2.06. The number of halogens is 1. The zero-order valence-corrected chi connectivity index (χ0v) is 17.7. The minimum Gasteiger partial charge on any atom is -0.465 e. The van der Waals surface area contributed by atoms with Crippen molar-refractivity contribution in [3.05, 3.63) is 47.0 Å². The molecule has 30 heavy (non-hydrogen) atoms. The summed E-state index contributed by atoms with van der Waals surface area (Å²) in [6, 6.07) is 6.36. The van der Waals surface area contributed by atoms with Gasteiger partial charge >= 0.3 is 5.97 Å². The summed E-state index contributed by atoms with van der Waals surface area (Å²) in [5.74, 6) is -1.02. The average Bonchev–Trinajstić information content (AvgIpc) is 3.44. The number of ether oxygens (including phenoxy) is 1. The number of para-hydroxylation sites is 1. The highest BCUT2D eigenvalue weighted by Gasteiger charge is 2.28. The highest BCUT2D eigenvalue weighted by molar-refractivity contribution is 8.01. The lowest BCUT2D eigenvalue weighted by atomic mass is 10.2. The number of hydrogen-bond acceptors (Lipinski definition) is 8. The maximum atomic E-state index is 14.3. The van der Waals surface area contributed by atoms with Crippen molar-refractivity contribution in [1.29, 1.82) is 0 Å². The van der Waals surface area contributed by atoms with E-state index >= 15 is 0 Å². The van der Waals surface area contributed by atoms with Gasteiger partial charge in [-0.3, -0.25) is 14.9 Å². The van der Waals surface area contributed by atoms with E-state index in [0.717, 1.165) is 35.4 Å². The summed E-state index contributed by atoms with van der Waals surface area (Å²) in [4.78, 5) is 24.3. The first-order valence-corrected chi connectivity index (χ1v) is 11.2. The van der Waals surface area contributed by atoms with Crippen LogP contribution in [0.5, 0.6) is 0 Å². The van der Waals surface area contributed by atoms with Gasteiger partial charge in [0, 0.05) is 11.3 Å². The lowest BCUT2D eigenvalue weighted by molar-refractivity contribution is -0.139. The number of thioether (sulfide) groups is 1. The van der Waals surface area contributed by atoms with E-state index in [4.69, 9.17) is 4.74 Å². The SMILES string of the molecule is CCOC(=O)CSc1nnc(NC(=O)c2nn(-c3ccccc3F)c3c2CCC3)s1. The van der Waals surface area contributed by atoms with E-state index in [1.807, 2.05) is 0 Å². The van der Waals surface area contributed by atoms with Crippen LogP contribution in [0.15, 0.2) is 28.6 Å². The summed E-state index contributed by atoms with van der Waals surface area (Å²) in [5.41, 5.74) is 2.27. The maximum absolute atomic E-state index is 14.3. The first kappa shape index (κ1) is 20.5. The lowest BCUT2D eigenvalue weighted by Gasteiger charge is -2.06. The van der Waals surface area contributed by atoms with Gasteiger partial charge in [0.1, 0.15) is 11.5 Å². The van der Waals surface area contributed by atoms with Crippen LogP contribution < -0.4 is 5.32 Å². The molecule has 0 spiro atoms. The Morgan fingerprint density at radius 2 is 2.13 bits per heavy atom. The van der Waals surface area contributed by atoms with Gasteiger partial charge in [-0.1, -0.05) is 35.2 Å². The molecule has 156 valence electrons. The quantitative estimate of drug-likeness (QED) is 0.337. The molecule has 1 aliphatic rings. The molecule has 0 saturated carbocycles. The fourth-order valence-electron chi connectivity index (χ4n) is 3.24. The number of amides is 1. The maximum Gasteiger partial charge on any atom is 0.316 e. The number of hydrogen-bond donors (Lipinski definition) is 1. The van der Waals surface area contributed by atoms with Gasteiger partial charge in [-0.2, -0.15) is 5.10 Å². The summed E-state index contributed by atoms with van der Waals surface area (Å²) in [5, 5.41) is 15.3. The van der Waals surface area contributed by atoms with Crippen LogP contribution in [0.2, 0.25) is 0 Å². The van der Waals surface area contributed by atoms with Gasteiger partial charge in [-0.15, -0.1) is 10.2 Å². The molecule has 2 aromatic heterocycles. The zero-order valence-electron chi connectivity index (χ0n) is 16.1. The molecular weight excluding hydrogens is 429 g/mol. The molecule has 0 radical (unpaired) electrons. The smallest absolute Gasteiger partial charge is 0.316 e. The number of nitrogens with zero attached hydrogens (tertiary/aromatic N) is 4. The second-order valence-electron chi connectivity index (χ2n) is 6.41. The topological polar surface area (TPSA) is 99.0 Å². The van der Waals surface area contributed by atoms with Crippen LogP contribution in [0.25, 0.3) is 5.69 Å². The number of carbonyl (C=O) groups excluding carboxylic acids is 2. The highest BCUT2D eigenvalue weighted by atomic mass is 32.2. The van der Waals surface area contributed by atoms with Crippen molar-refractivity contribution in [2.75, 3.05) is 17.7 Å². The van der Waals surface area contributed by atoms with Gasteiger partial charge in [-0.05, 0) is 38.3 Å². The Morgan fingerprint density at radius 3 is 2.93 bits per heavy atom. The molecule has 0 fully saturated rings. The van der Waals surface area contributed by atoms with Gasteiger partial charge in [0.15, 0.2) is 10.0 Å². The van der Waals surface area contributed by atoms with E-state index < -0.39 is 11.7 Å². The molecule has 3 aromatic rings. The van der Waals surface area contributed by atoms with Crippen LogP contribution in [0.3, 0.4) is 0 Å². The monoisotopic (exact) mass is 447 g/mol. The van der Waals surface area contributed by atoms with Crippen molar-refractivity contribution in [3.63, 3.8) is 0 Å². The van der Waals surface area contributed by atoms with Crippen molar-refractivity contribution in [1.82, 2.24) is 20.0 Å². The molecule has 2 heterocycles. The fourth-order valence-corrected chi connectivity index (χ4v) is 4.79. The number of fused-ring (bicyclic) bond motifs is 1. The Labute approximate surface area is 179 Å². The highest BCUT2D eigenvalue weighted by Crippen LogP contribution is 2.30. The summed E-state index contributed by atoms with van der Waals surface area (Å²) < 4.78 is 21.2. The molecule has 0 atom stereocenters. The van der Waals surface area contributed by atoms with E-state index in [0.29, 0.717) is 28.2 Å². The molecule has 0 unspecified atom stereocenters. The predicted octanol–water partition coefficient (Wildman–Crippen LogP) is 3.26. The number of rotatable bonds is 7. The van der Waals surface area contributed by atoms with Gasteiger partial charge in [0.2, 0.25) is 5.13 Å². The Bertz CT molecular complexity index is 1100. The van der Waals surface area contributed by atoms with Crippen molar-refractivity contribution < 1.29 is 18.7 Å². The van der Waals surface area contributed by atoms with Crippen LogP contribution in [0.1, 0.15) is 35.1 Å². The minimum absolute atomic E-state index is 0.122. The Balaban J connectivity index is 1.51.